The molecule has 0 aliphatic heterocycles. The standard InChI is InChI=1S/C13H12F2N4OS/c1-6(21-13-18-10(16)5-11(17)19-13)12(20)8-3-2-7(14)4-9(8)15/h2-6H,1H3,(H4,16,17,18,19). The smallest absolute Gasteiger partial charge is 0.192 e. The van der Waals surface area contributed by atoms with Crippen molar-refractivity contribution in [1.82, 2.24) is 9.97 Å². The van der Waals surface area contributed by atoms with Crippen molar-refractivity contribution in [2.45, 2.75) is 17.3 Å². The number of Topliss-reactive ketones (excluding diaryl/α,β-unsaturated/α-hetero) is 1. The molecule has 0 fully saturated rings. The highest BCUT2D eigenvalue weighted by atomic mass is 32.2. The van der Waals surface area contributed by atoms with Crippen LogP contribution in [0.5, 0.6) is 0 Å². The van der Waals surface area contributed by atoms with Crippen LogP contribution in [-0.4, -0.2) is 21.0 Å². The number of rotatable bonds is 4. The molecule has 4 N–H and O–H groups in total. The van der Waals surface area contributed by atoms with Crippen LogP contribution in [0.3, 0.4) is 0 Å². The first-order chi connectivity index (χ1) is 9.86. The van der Waals surface area contributed by atoms with Gasteiger partial charge in [0.15, 0.2) is 10.9 Å². The maximum atomic E-state index is 13.6. The molecule has 1 atom stereocenters. The van der Waals surface area contributed by atoms with Crippen LogP contribution in [0.2, 0.25) is 0 Å². The quantitative estimate of drug-likeness (QED) is 0.511. The number of nitrogen functional groups attached to an aromatic ring is 2. The van der Waals surface area contributed by atoms with Gasteiger partial charge < -0.3 is 11.5 Å². The van der Waals surface area contributed by atoms with E-state index in [-0.39, 0.29) is 22.4 Å². The van der Waals surface area contributed by atoms with E-state index in [0.29, 0.717) is 6.07 Å². The lowest BCUT2D eigenvalue weighted by atomic mass is 10.1. The summed E-state index contributed by atoms with van der Waals surface area (Å²) in [7, 11) is 0. The average Bonchev–Trinajstić information content (AvgIpc) is 2.36. The summed E-state index contributed by atoms with van der Waals surface area (Å²) in [5, 5.41) is -0.456. The van der Waals surface area contributed by atoms with Crippen molar-refractivity contribution in [2.75, 3.05) is 11.5 Å². The van der Waals surface area contributed by atoms with E-state index in [1.807, 2.05) is 0 Å². The molecule has 21 heavy (non-hydrogen) atoms. The molecule has 0 amide bonds. The van der Waals surface area contributed by atoms with Crippen molar-refractivity contribution in [3.05, 3.63) is 41.5 Å². The van der Waals surface area contributed by atoms with Crippen molar-refractivity contribution in [3.63, 3.8) is 0 Å². The van der Waals surface area contributed by atoms with E-state index in [1.54, 1.807) is 6.92 Å². The average molecular weight is 310 g/mol. The maximum absolute atomic E-state index is 13.6. The first kappa shape index (κ1) is 15.2. The van der Waals surface area contributed by atoms with Gasteiger partial charge in [0, 0.05) is 12.1 Å². The van der Waals surface area contributed by atoms with Gasteiger partial charge in [-0.05, 0) is 19.1 Å². The van der Waals surface area contributed by atoms with Crippen molar-refractivity contribution < 1.29 is 13.6 Å². The topological polar surface area (TPSA) is 94.9 Å². The van der Waals surface area contributed by atoms with Gasteiger partial charge in [-0.25, -0.2) is 18.7 Å². The van der Waals surface area contributed by atoms with Crippen LogP contribution in [0.1, 0.15) is 17.3 Å². The molecule has 0 aliphatic carbocycles. The second-order valence-electron chi connectivity index (χ2n) is 4.25. The normalized spacial score (nSPS) is 12.1. The number of hydrogen-bond donors (Lipinski definition) is 2. The van der Waals surface area contributed by atoms with Gasteiger partial charge in [-0.15, -0.1) is 0 Å². The molecular weight excluding hydrogens is 298 g/mol. The number of carbonyl (C=O) groups excluding carboxylic acids is 1. The van der Waals surface area contributed by atoms with Crippen LogP contribution in [-0.2, 0) is 0 Å². The first-order valence-electron chi connectivity index (χ1n) is 5.93. The minimum atomic E-state index is -0.902. The Balaban J connectivity index is 2.19. The number of benzene rings is 1. The number of anilines is 2. The summed E-state index contributed by atoms with van der Waals surface area (Å²) in [4.78, 5) is 20.0. The van der Waals surface area contributed by atoms with Crippen LogP contribution in [0.15, 0.2) is 29.4 Å². The predicted octanol–water partition coefficient (Wildman–Crippen LogP) is 2.28. The molecule has 1 unspecified atom stereocenters. The highest BCUT2D eigenvalue weighted by molar-refractivity contribution is 8.00. The highest BCUT2D eigenvalue weighted by Gasteiger charge is 2.21. The summed E-state index contributed by atoms with van der Waals surface area (Å²) in [5.41, 5.74) is 10.9. The Morgan fingerprint density at radius 1 is 1.19 bits per heavy atom. The SMILES string of the molecule is CC(Sc1nc(N)cc(N)n1)C(=O)c1ccc(F)cc1F. The zero-order valence-corrected chi connectivity index (χ0v) is 11.8. The second-order valence-corrected chi connectivity index (χ2v) is 5.56. The number of ketones is 1. The maximum Gasteiger partial charge on any atom is 0.192 e. The van der Waals surface area contributed by atoms with Gasteiger partial charge in [-0.1, -0.05) is 11.8 Å². The molecule has 1 aromatic carbocycles. The van der Waals surface area contributed by atoms with E-state index >= 15 is 0 Å². The van der Waals surface area contributed by atoms with E-state index in [2.05, 4.69) is 9.97 Å². The Bertz CT molecular complexity index is 676. The highest BCUT2D eigenvalue weighted by Crippen LogP contribution is 2.25. The molecule has 1 heterocycles. The van der Waals surface area contributed by atoms with Crippen LogP contribution in [0, 0.1) is 11.6 Å². The monoisotopic (exact) mass is 310 g/mol. The lowest BCUT2D eigenvalue weighted by Gasteiger charge is -2.10. The van der Waals surface area contributed by atoms with E-state index in [9.17, 15) is 13.6 Å². The van der Waals surface area contributed by atoms with Crippen LogP contribution in [0.25, 0.3) is 0 Å². The number of carbonyl (C=O) groups is 1. The number of halogens is 2. The predicted molar refractivity (Wildman–Crippen MR) is 76.9 cm³/mol. The molecule has 0 radical (unpaired) electrons. The Hall–Kier alpha value is -2.22. The summed E-state index contributed by atoms with van der Waals surface area (Å²) >= 11 is 0.996. The fraction of sp³-hybridized carbons (Fsp3) is 0.154. The van der Waals surface area contributed by atoms with Crippen molar-refractivity contribution in [2.24, 2.45) is 0 Å². The zero-order valence-electron chi connectivity index (χ0n) is 11.0. The minimum Gasteiger partial charge on any atom is -0.383 e. The number of thioether (sulfide) groups is 1. The molecule has 0 spiro atoms. The summed E-state index contributed by atoms with van der Waals surface area (Å²) in [5.74, 6) is -1.78. The molecular formula is C13H12F2N4OS. The molecule has 1 aromatic heterocycles. The lowest BCUT2D eigenvalue weighted by molar-refractivity contribution is 0.0990. The number of aromatic nitrogens is 2. The van der Waals surface area contributed by atoms with E-state index in [4.69, 9.17) is 11.5 Å². The summed E-state index contributed by atoms with van der Waals surface area (Å²) < 4.78 is 26.4. The number of nitrogens with two attached hydrogens (primary N) is 2. The van der Waals surface area contributed by atoms with Crippen LogP contribution >= 0.6 is 11.8 Å². The Morgan fingerprint density at radius 3 is 2.38 bits per heavy atom. The lowest BCUT2D eigenvalue weighted by Crippen LogP contribution is -2.16. The third-order valence-electron chi connectivity index (χ3n) is 2.59. The molecule has 110 valence electrons. The minimum absolute atomic E-state index is 0.178. The summed E-state index contributed by atoms with van der Waals surface area (Å²) in [6.07, 6.45) is 0. The third kappa shape index (κ3) is 3.66. The molecule has 5 nitrogen and oxygen atoms in total. The van der Waals surface area contributed by atoms with Crippen molar-refractivity contribution >= 4 is 29.2 Å². The Morgan fingerprint density at radius 2 is 1.81 bits per heavy atom. The van der Waals surface area contributed by atoms with Crippen molar-refractivity contribution in [3.8, 4) is 0 Å². The van der Waals surface area contributed by atoms with Gasteiger partial charge in [-0.2, -0.15) is 0 Å². The van der Waals surface area contributed by atoms with Crippen molar-refractivity contribution in [1.29, 1.82) is 0 Å². The molecule has 8 heteroatoms. The van der Waals surface area contributed by atoms with Gasteiger partial charge in [0.25, 0.3) is 0 Å². The van der Waals surface area contributed by atoms with Crippen LogP contribution < -0.4 is 11.5 Å². The molecule has 2 rings (SSSR count). The Kier molecular flexibility index (Phi) is 4.37. The molecule has 0 bridgehead atoms. The number of nitrogens with zero attached hydrogens (tertiary/aromatic N) is 2. The molecule has 0 saturated heterocycles. The third-order valence-corrected chi connectivity index (χ3v) is 3.55. The van der Waals surface area contributed by atoms with Crippen LogP contribution in [0.4, 0.5) is 20.4 Å². The van der Waals surface area contributed by atoms with Gasteiger partial charge in [0.2, 0.25) is 0 Å². The van der Waals surface area contributed by atoms with E-state index in [0.717, 1.165) is 23.9 Å². The van der Waals surface area contributed by atoms with E-state index < -0.39 is 22.7 Å². The second kappa shape index (κ2) is 6.04. The fourth-order valence-corrected chi connectivity index (χ4v) is 2.50. The van der Waals surface area contributed by atoms with Gasteiger partial charge >= 0.3 is 0 Å². The fourth-order valence-electron chi connectivity index (χ4n) is 1.63. The Labute approximate surface area is 123 Å². The molecule has 0 saturated carbocycles. The first-order valence-corrected chi connectivity index (χ1v) is 6.80. The summed E-state index contributed by atoms with van der Waals surface area (Å²) in [6, 6.07) is 4.19. The molecule has 2 aromatic rings. The van der Waals surface area contributed by atoms with E-state index in [1.165, 1.54) is 6.07 Å². The number of hydrogen-bond acceptors (Lipinski definition) is 6. The summed E-state index contributed by atoms with van der Waals surface area (Å²) in [6.45, 7) is 1.57. The van der Waals surface area contributed by atoms with Gasteiger partial charge in [0.05, 0.1) is 10.8 Å². The zero-order chi connectivity index (χ0) is 15.6. The molecule has 0 aliphatic rings. The van der Waals surface area contributed by atoms with Gasteiger partial charge in [0.1, 0.15) is 23.3 Å². The van der Waals surface area contributed by atoms with Gasteiger partial charge in [-0.3, -0.25) is 4.79 Å². The largest absolute Gasteiger partial charge is 0.383 e.